The lowest BCUT2D eigenvalue weighted by Gasteiger charge is -2.15. The molecule has 1 saturated heterocycles. The van der Waals surface area contributed by atoms with Crippen molar-refractivity contribution in [3.05, 3.63) is 35.9 Å². The van der Waals surface area contributed by atoms with Crippen LogP contribution in [-0.2, 0) is 9.59 Å². The molecule has 0 saturated carbocycles. The Morgan fingerprint density at radius 1 is 1.35 bits per heavy atom. The molecule has 2 rings (SSSR count). The highest BCUT2D eigenvalue weighted by Crippen LogP contribution is 2.15. The summed E-state index contributed by atoms with van der Waals surface area (Å²) in [5.74, 6) is -1.71. The Kier molecular flexibility index (Phi) is 5.12. The van der Waals surface area contributed by atoms with E-state index >= 15 is 0 Å². The fraction of sp³-hybridized carbons (Fsp3) is 0.467. The van der Waals surface area contributed by atoms with Gasteiger partial charge in [0.2, 0.25) is 5.91 Å². The van der Waals surface area contributed by atoms with Gasteiger partial charge in [0.25, 0.3) is 0 Å². The summed E-state index contributed by atoms with van der Waals surface area (Å²) < 4.78 is 0. The van der Waals surface area contributed by atoms with Gasteiger partial charge in [0.15, 0.2) is 0 Å². The second kappa shape index (κ2) is 7.05. The van der Waals surface area contributed by atoms with Crippen LogP contribution in [0.1, 0.15) is 30.7 Å². The van der Waals surface area contributed by atoms with Gasteiger partial charge in [-0.3, -0.25) is 9.59 Å². The molecular weight excluding hydrogens is 256 g/mol. The smallest absolute Gasteiger partial charge is 0.312 e. The zero-order valence-corrected chi connectivity index (χ0v) is 11.3. The van der Waals surface area contributed by atoms with Gasteiger partial charge in [0.1, 0.15) is 0 Å². The number of carboxylic acid groups (broad SMARTS) is 1. The van der Waals surface area contributed by atoms with E-state index in [0.29, 0.717) is 12.0 Å². The van der Waals surface area contributed by atoms with Crippen LogP contribution >= 0.6 is 0 Å². The molecule has 0 aromatic heterocycles. The molecule has 0 radical (unpaired) electrons. The monoisotopic (exact) mass is 276 g/mol. The third kappa shape index (κ3) is 4.06. The molecule has 1 aromatic rings. The summed E-state index contributed by atoms with van der Waals surface area (Å²) in [5.41, 5.74) is 0.708. The molecule has 3 N–H and O–H groups in total. The summed E-state index contributed by atoms with van der Waals surface area (Å²) in [7, 11) is 0. The minimum absolute atomic E-state index is 0.0911. The Hall–Kier alpha value is -1.88. The number of carboxylic acids is 1. The van der Waals surface area contributed by atoms with Crippen LogP contribution in [0.2, 0.25) is 0 Å². The van der Waals surface area contributed by atoms with E-state index in [1.165, 1.54) is 0 Å². The Morgan fingerprint density at radius 2 is 2.10 bits per heavy atom. The first-order chi connectivity index (χ1) is 9.66. The third-order valence-electron chi connectivity index (χ3n) is 3.60. The van der Waals surface area contributed by atoms with Crippen molar-refractivity contribution in [1.82, 2.24) is 10.6 Å². The van der Waals surface area contributed by atoms with Crippen molar-refractivity contribution in [2.45, 2.75) is 31.2 Å². The van der Waals surface area contributed by atoms with Gasteiger partial charge in [-0.05, 0) is 24.9 Å². The number of rotatable bonds is 6. The first kappa shape index (κ1) is 14.5. The van der Waals surface area contributed by atoms with Gasteiger partial charge in [-0.15, -0.1) is 0 Å². The lowest BCUT2D eigenvalue weighted by atomic mass is 9.99. The number of aliphatic carboxylic acids is 1. The third-order valence-corrected chi connectivity index (χ3v) is 3.60. The molecular formula is C15H20N2O3. The van der Waals surface area contributed by atoms with Gasteiger partial charge < -0.3 is 15.7 Å². The summed E-state index contributed by atoms with van der Waals surface area (Å²) in [6.07, 6.45) is 2.52. The van der Waals surface area contributed by atoms with Gasteiger partial charge in [-0.25, -0.2) is 0 Å². The van der Waals surface area contributed by atoms with Crippen LogP contribution < -0.4 is 10.6 Å². The molecule has 108 valence electrons. The number of carbonyl (C=O) groups is 2. The zero-order valence-electron chi connectivity index (χ0n) is 11.3. The highest BCUT2D eigenvalue weighted by molar-refractivity contribution is 5.80. The number of amides is 1. The van der Waals surface area contributed by atoms with Crippen molar-refractivity contribution in [3.8, 4) is 0 Å². The number of hydrogen-bond acceptors (Lipinski definition) is 3. The lowest BCUT2D eigenvalue weighted by molar-refractivity contribution is -0.138. The Labute approximate surface area is 118 Å². The zero-order chi connectivity index (χ0) is 14.4. The first-order valence-corrected chi connectivity index (χ1v) is 6.94. The predicted molar refractivity (Wildman–Crippen MR) is 75.5 cm³/mol. The van der Waals surface area contributed by atoms with Crippen LogP contribution in [0, 0.1) is 0 Å². The van der Waals surface area contributed by atoms with Crippen LogP contribution in [0.15, 0.2) is 30.3 Å². The molecule has 5 heteroatoms. The number of benzene rings is 1. The van der Waals surface area contributed by atoms with E-state index in [9.17, 15) is 14.7 Å². The fourth-order valence-electron chi connectivity index (χ4n) is 2.48. The van der Waals surface area contributed by atoms with Crippen molar-refractivity contribution >= 4 is 11.9 Å². The minimum Gasteiger partial charge on any atom is -0.481 e. The Morgan fingerprint density at radius 3 is 2.70 bits per heavy atom. The first-order valence-electron chi connectivity index (χ1n) is 6.94. The maximum Gasteiger partial charge on any atom is 0.312 e. The van der Waals surface area contributed by atoms with E-state index in [0.717, 1.165) is 19.4 Å². The summed E-state index contributed by atoms with van der Waals surface area (Å²) in [4.78, 5) is 23.1. The molecule has 1 aliphatic heterocycles. The lowest BCUT2D eigenvalue weighted by Crippen LogP contribution is -2.35. The van der Waals surface area contributed by atoms with E-state index in [-0.39, 0.29) is 18.5 Å². The van der Waals surface area contributed by atoms with Crippen molar-refractivity contribution < 1.29 is 14.7 Å². The second-order valence-corrected chi connectivity index (χ2v) is 5.10. The van der Waals surface area contributed by atoms with Crippen LogP contribution in [-0.4, -0.2) is 36.1 Å². The van der Waals surface area contributed by atoms with Gasteiger partial charge in [0.05, 0.1) is 5.92 Å². The summed E-state index contributed by atoms with van der Waals surface area (Å²) >= 11 is 0. The van der Waals surface area contributed by atoms with Crippen LogP contribution in [0.3, 0.4) is 0 Å². The van der Waals surface area contributed by atoms with Gasteiger partial charge in [-0.1, -0.05) is 30.3 Å². The molecule has 2 unspecified atom stereocenters. The molecule has 1 aliphatic rings. The topological polar surface area (TPSA) is 78.4 Å². The molecule has 20 heavy (non-hydrogen) atoms. The predicted octanol–water partition coefficient (Wildman–Crippen LogP) is 1.11. The van der Waals surface area contributed by atoms with Crippen molar-refractivity contribution in [2.75, 3.05) is 13.1 Å². The maximum absolute atomic E-state index is 11.8. The average molecular weight is 276 g/mol. The normalized spacial score (nSPS) is 19.5. The molecule has 0 aliphatic carbocycles. The number of nitrogens with one attached hydrogen (secondary N) is 2. The van der Waals surface area contributed by atoms with E-state index in [1.807, 2.05) is 6.07 Å². The maximum atomic E-state index is 11.8. The Balaban J connectivity index is 1.86. The van der Waals surface area contributed by atoms with Gasteiger partial charge in [-0.2, -0.15) is 0 Å². The average Bonchev–Trinajstić information content (AvgIpc) is 2.92. The van der Waals surface area contributed by atoms with E-state index < -0.39 is 11.9 Å². The molecule has 2 atom stereocenters. The highest BCUT2D eigenvalue weighted by atomic mass is 16.4. The largest absolute Gasteiger partial charge is 0.481 e. The fourth-order valence-corrected chi connectivity index (χ4v) is 2.48. The number of hydrogen-bond donors (Lipinski definition) is 3. The minimum atomic E-state index is -0.921. The van der Waals surface area contributed by atoms with Crippen molar-refractivity contribution in [3.63, 3.8) is 0 Å². The quantitative estimate of drug-likeness (QED) is 0.727. The van der Waals surface area contributed by atoms with Crippen molar-refractivity contribution in [2.24, 2.45) is 0 Å². The summed E-state index contributed by atoms with van der Waals surface area (Å²) in [6.45, 7) is 1.09. The van der Waals surface area contributed by atoms with Crippen LogP contribution in [0.5, 0.6) is 0 Å². The van der Waals surface area contributed by atoms with E-state index in [2.05, 4.69) is 10.6 Å². The standard InChI is InChI=1S/C15H20N2O3/c18-14(9-12-7-4-8-16-12)17-10-13(15(19)20)11-5-2-1-3-6-11/h1-3,5-6,12-13,16H,4,7-10H2,(H,17,18)(H,19,20). The molecule has 1 fully saturated rings. The van der Waals surface area contributed by atoms with Crippen molar-refractivity contribution in [1.29, 1.82) is 0 Å². The van der Waals surface area contributed by atoms with Gasteiger partial charge in [0, 0.05) is 19.0 Å². The molecule has 0 bridgehead atoms. The molecule has 0 spiro atoms. The van der Waals surface area contributed by atoms with Crippen LogP contribution in [0.4, 0.5) is 0 Å². The van der Waals surface area contributed by atoms with E-state index in [4.69, 9.17) is 0 Å². The highest BCUT2D eigenvalue weighted by Gasteiger charge is 2.22. The molecule has 5 nitrogen and oxygen atoms in total. The van der Waals surface area contributed by atoms with Crippen LogP contribution in [0.25, 0.3) is 0 Å². The van der Waals surface area contributed by atoms with Gasteiger partial charge >= 0.3 is 5.97 Å². The Bertz CT molecular complexity index is 455. The SMILES string of the molecule is O=C(CC1CCCN1)NCC(C(=O)O)c1ccccc1. The molecule has 1 aromatic carbocycles. The molecule has 1 heterocycles. The number of carbonyl (C=O) groups excluding carboxylic acids is 1. The summed E-state index contributed by atoms with van der Waals surface area (Å²) in [5, 5.41) is 15.2. The van der Waals surface area contributed by atoms with E-state index in [1.54, 1.807) is 24.3 Å². The summed E-state index contributed by atoms with van der Waals surface area (Å²) in [6, 6.07) is 9.21. The molecule has 1 amide bonds. The second-order valence-electron chi connectivity index (χ2n) is 5.10.